The van der Waals surface area contributed by atoms with Gasteiger partial charge in [-0.3, -0.25) is 4.21 Å². The van der Waals surface area contributed by atoms with Gasteiger partial charge in [0, 0.05) is 28.9 Å². The lowest BCUT2D eigenvalue weighted by Gasteiger charge is -2.22. The topological polar surface area (TPSA) is 63.2 Å². The Hall–Kier alpha value is 0.0600. The summed E-state index contributed by atoms with van der Waals surface area (Å²) < 4.78 is 33.4. The molecule has 0 saturated carbocycles. The van der Waals surface area contributed by atoms with Gasteiger partial charge < -0.3 is 5.32 Å². The normalized spacial score (nSPS) is 27.4. The molecule has 0 spiro atoms. The second-order valence-electron chi connectivity index (χ2n) is 4.04. The van der Waals surface area contributed by atoms with Gasteiger partial charge >= 0.3 is 0 Å². The SMILES string of the molecule is CS(=O)CCCNC1CCCS(=O)(=O)C1. The van der Waals surface area contributed by atoms with E-state index in [1.165, 1.54) is 0 Å². The molecule has 1 heterocycles. The Balaban J connectivity index is 2.19. The highest BCUT2D eigenvalue weighted by Crippen LogP contribution is 2.11. The standard InChI is InChI=1S/C9H19NO3S2/c1-14(11)6-3-5-10-9-4-2-7-15(12,13)8-9/h9-10H,2-8H2,1H3. The van der Waals surface area contributed by atoms with Crippen molar-refractivity contribution in [3.63, 3.8) is 0 Å². The monoisotopic (exact) mass is 253 g/mol. The fourth-order valence-electron chi connectivity index (χ4n) is 1.77. The molecule has 1 N–H and O–H groups in total. The lowest BCUT2D eigenvalue weighted by atomic mass is 10.2. The first-order chi connectivity index (χ1) is 6.99. The van der Waals surface area contributed by atoms with Gasteiger partial charge in [0.2, 0.25) is 0 Å². The van der Waals surface area contributed by atoms with Crippen LogP contribution in [0.5, 0.6) is 0 Å². The highest BCUT2D eigenvalue weighted by molar-refractivity contribution is 7.91. The Bertz CT molecular complexity index is 313. The smallest absolute Gasteiger partial charge is 0.151 e. The summed E-state index contributed by atoms with van der Waals surface area (Å²) in [4.78, 5) is 0. The van der Waals surface area contributed by atoms with Crippen LogP contribution in [-0.4, -0.2) is 48.7 Å². The molecule has 0 aromatic carbocycles. The van der Waals surface area contributed by atoms with E-state index in [4.69, 9.17) is 0 Å². The molecule has 15 heavy (non-hydrogen) atoms. The van der Waals surface area contributed by atoms with Gasteiger partial charge in [-0.15, -0.1) is 0 Å². The lowest BCUT2D eigenvalue weighted by Crippen LogP contribution is -2.40. The van der Waals surface area contributed by atoms with Crippen molar-refractivity contribution in [3.8, 4) is 0 Å². The van der Waals surface area contributed by atoms with Crippen LogP contribution in [0.2, 0.25) is 0 Å². The van der Waals surface area contributed by atoms with E-state index in [2.05, 4.69) is 5.32 Å². The van der Waals surface area contributed by atoms with E-state index in [0.717, 1.165) is 25.8 Å². The van der Waals surface area contributed by atoms with E-state index in [1.54, 1.807) is 6.26 Å². The summed E-state index contributed by atoms with van der Waals surface area (Å²) >= 11 is 0. The van der Waals surface area contributed by atoms with Gasteiger partial charge in [-0.1, -0.05) is 0 Å². The van der Waals surface area contributed by atoms with Crippen molar-refractivity contribution in [2.24, 2.45) is 0 Å². The molecule has 0 amide bonds. The highest BCUT2D eigenvalue weighted by Gasteiger charge is 2.23. The van der Waals surface area contributed by atoms with Gasteiger partial charge in [0.25, 0.3) is 0 Å². The molecule has 2 atom stereocenters. The van der Waals surface area contributed by atoms with Crippen LogP contribution in [0.15, 0.2) is 0 Å². The van der Waals surface area contributed by atoms with Gasteiger partial charge in [0.1, 0.15) is 0 Å². The molecule has 1 aliphatic heterocycles. The molecule has 1 aliphatic rings. The molecule has 6 heteroatoms. The zero-order chi connectivity index (χ0) is 11.3. The second kappa shape index (κ2) is 5.96. The van der Waals surface area contributed by atoms with E-state index < -0.39 is 20.6 Å². The van der Waals surface area contributed by atoms with Gasteiger partial charge in [0.05, 0.1) is 11.5 Å². The minimum absolute atomic E-state index is 0.106. The zero-order valence-electron chi connectivity index (χ0n) is 9.07. The third-order valence-corrected chi connectivity index (χ3v) is 5.19. The van der Waals surface area contributed by atoms with Crippen LogP contribution in [0.3, 0.4) is 0 Å². The van der Waals surface area contributed by atoms with Crippen molar-refractivity contribution < 1.29 is 12.6 Å². The van der Waals surface area contributed by atoms with Crippen LogP contribution >= 0.6 is 0 Å². The first kappa shape index (κ1) is 13.1. The Kier molecular flexibility index (Phi) is 5.22. The van der Waals surface area contributed by atoms with E-state index >= 15 is 0 Å². The molecular weight excluding hydrogens is 234 g/mol. The quantitative estimate of drug-likeness (QED) is 0.696. The van der Waals surface area contributed by atoms with Gasteiger partial charge in [-0.25, -0.2) is 8.42 Å². The number of rotatable bonds is 5. The molecule has 90 valence electrons. The number of hydrogen-bond acceptors (Lipinski definition) is 4. The summed E-state index contributed by atoms with van der Waals surface area (Å²) in [5.41, 5.74) is 0. The zero-order valence-corrected chi connectivity index (χ0v) is 10.7. The molecule has 2 unspecified atom stereocenters. The fourth-order valence-corrected chi connectivity index (χ4v) is 3.99. The van der Waals surface area contributed by atoms with Gasteiger partial charge in [-0.2, -0.15) is 0 Å². The maximum absolute atomic E-state index is 11.3. The van der Waals surface area contributed by atoms with Crippen LogP contribution in [0.1, 0.15) is 19.3 Å². The summed E-state index contributed by atoms with van der Waals surface area (Å²) in [5, 5.41) is 3.22. The minimum Gasteiger partial charge on any atom is -0.313 e. The van der Waals surface area contributed by atoms with E-state index in [-0.39, 0.29) is 11.8 Å². The molecule has 1 saturated heterocycles. The molecule has 0 aromatic heterocycles. The largest absolute Gasteiger partial charge is 0.313 e. The van der Waals surface area contributed by atoms with Crippen LogP contribution in [0, 0.1) is 0 Å². The van der Waals surface area contributed by atoms with Crippen LogP contribution in [0.25, 0.3) is 0 Å². The summed E-state index contributed by atoms with van der Waals surface area (Å²) in [6, 6.07) is 0.106. The number of nitrogens with one attached hydrogen (secondary N) is 1. The molecule has 0 radical (unpaired) electrons. The second-order valence-corrected chi connectivity index (χ2v) is 7.82. The maximum Gasteiger partial charge on any atom is 0.151 e. The molecule has 1 fully saturated rings. The van der Waals surface area contributed by atoms with Crippen LogP contribution in [0.4, 0.5) is 0 Å². The third-order valence-electron chi connectivity index (χ3n) is 2.50. The predicted molar refractivity (Wildman–Crippen MR) is 63.2 cm³/mol. The average Bonchev–Trinajstić information content (AvgIpc) is 2.10. The third kappa shape index (κ3) is 5.63. The van der Waals surface area contributed by atoms with Crippen molar-refractivity contribution in [1.29, 1.82) is 0 Å². The van der Waals surface area contributed by atoms with Crippen molar-refractivity contribution >= 4 is 20.6 Å². The van der Waals surface area contributed by atoms with Crippen molar-refractivity contribution in [3.05, 3.63) is 0 Å². The van der Waals surface area contributed by atoms with Crippen molar-refractivity contribution in [2.45, 2.75) is 25.3 Å². The van der Waals surface area contributed by atoms with Gasteiger partial charge in [0.15, 0.2) is 9.84 Å². The molecule has 0 aliphatic carbocycles. The van der Waals surface area contributed by atoms with Crippen LogP contribution in [-0.2, 0) is 20.6 Å². The first-order valence-electron chi connectivity index (χ1n) is 5.23. The molecule has 1 rings (SSSR count). The molecule has 0 aromatic rings. The Morgan fingerprint density at radius 3 is 2.80 bits per heavy atom. The molecular formula is C9H19NO3S2. The Morgan fingerprint density at radius 1 is 1.47 bits per heavy atom. The highest BCUT2D eigenvalue weighted by atomic mass is 32.2. The van der Waals surface area contributed by atoms with Gasteiger partial charge in [-0.05, 0) is 25.8 Å². The lowest BCUT2D eigenvalue weighted by molar-refractivity contribution is 0.481. The van der Waals surface area contributed by atoms with Crippen molar-refractivity contribution in [2.75, 3.05) is 30.1 Å². The summed E-state index contributed by atoms with van der Waals surface area (Å²) in [6.07, 6.45) is 4.23. The van der Waals surface area contributed by atoms with E-state index in [0.29, 0.717) is 11.5 Å². The minimum atomic E-state index is -2.81. The van der Waals surface area contributed by atoms with Crippen LogP contribution < -0.4 is 5.32 Å². The fraction of sp³-hybridized carbons (Fsp3) is 1.00. The Morgan fingerprint density at radius 2 is 2.20 bits per heavy atom. The summed E-state index contributed by atoms with van der Waals surface area (Å²) in [6.45, 7) is 0.764. The summed E-state index contributed by atoms with van der Waals surface area (Å²) in [7, 11) is -3.55. The molecule has 0 bridgehead atoms. The molecule has 4 nitrogen and oxygen atoms in total. The first-order valence-corrected chi connectivity index (χ1v) is 8.78. The van der Waals surface area contributed by atoms with E-state index in [9.17, 15) is 12.6 Å². The van der Waals surface area contributed by atoms with Crippen molar-refractivity contribution in [1.82, 2.24) is 5.32 Å². The average molecular weight is 253 g/mol. The number of hydrogen-bond donors (Lipinski definition) is 1. The van der Waals surface area contributed by atoms with E-state index in [1.807, 2.05) is 0 Å². The number of sulfone groups is 1. The maximum atomic E-state index is 11.3. The Labute approximate surface area is 94.2 Å². The predicted octanol–water partition coefficient (Wildman–Crippen LogP) is -0.0782. The summed E-state index contributed by atoms with van der Waals surface area (Å²) in [5.74, 6) is 1.29.